The summed E-state index contributed by atoms with van der Waals surface area (Å²) in [6, 6.07) is 71.0. The van der Waals surface area contributed by atoms with Crippen molar-refractivity contribution >= 4 is 92.1 Å². The average molecular weight is 721 g/mol. The van der Waals surface area contributed by atoms with E-state index in [9.17, 15) is 0 Å². The van der Waals surface area contributed by atoms with Gasteiger partial charge in [-0.25, -0.2) is 4.85 Å². The highest BCUT2D eigenvalue weighted by molar-refractivity contribution is 6.29. The summed E-state index contributed by atoms with van der Waals surface area (Å²) >= 11 is 0. The van der Waals surface area contributed by atoms with Crippen LogP contribution in [0, 0.1) is 6.57 Å². The van der Waals surface area contributed by atoms with E-state index in [1.54, 1.807) is 0 Å². The van der Waals surface area contributed by atoms with Crippen LogP contribution in [-0.4, -0.2) is 4.57 Å². The molecule has 57 heavy (non-hydrogen) atoms. The molecule has 1 aromatic heterocycles. The first kappa shape index (κ1) is 31.6. The van der Waals surface area contributed by atoms with Gasteiger partial charge >= 0.3 is 0 Å². The zero-order valence-corrected chi connectivity index (χ0v) is 30.9. The van der Waals surface area contributed by atoms with Crippen LogP contribution in [0.5, 0.6) is 0 Å². The maximum Gasteiger partial charge on any atom is 0.187 e. The van der Waals surface area contributed by atoms with Gasteiger partial charge in [-0.2, -0.15) is 0 Å². The summed E-state index contributed by atoms with van der Waals surface area (Å²) in [7, 11) is 0. The van der Waals surface area contributed by atoms with E-state index in [0.717, 1.165) is 16.8 Å². The van der Waals surface area contributed by atoms with Gasteiger partial charge < -0.3 is 4.57 Å². The minimum absolute atomic E-state index is 0.659. The molecule has 12 rings (SSSR count). The van der Waals surface area contributed by atoms with Crippen LogP contribution in [0.3, 0.4) is 0 Å². The number of hydrogen-bond donors (Lipinski definition) is 0. The van der Waals surface area contributed by atoms with Gasteiger partial charge in [0.25, 0.3) is 0 Å². The summed E-state index contributed by atoms with van der Waals surface area (Å²) < 4.78 is 2.45. The van der Waals surface area contributed by atoms with Gasteiger partial charge in [0.05, 0.1) is 17.6 Å². The molecule has 12 aromatic rings. The second kappa shape index (κ2) is 12.1. The van der Waals surface area contributed by atoms with Crippen LogP contribution in [0.25, 0.3) is 119 Å². The molecule has 0 amide bonds. The molecule has 1 heterocycles. The van der Waals surface area contributed by atoms with Crippen LogP contribution in [0.1, 0.15) is 0 Å². The molecule has 0 aliphatic rings. The first-order valence-corrected chi connectivity index (χ1v) is 19.4. The van der Waals surface area contributed by atoms with Gasteiger partial charge in [0.2, 0.25) is 0 Å². The Hall–Kier alpha value is -7.73. The van der Waals surface area contributed by atoms with Crippen LogP contribution < -0.4 is 0 Å². The number of hydrogen-bond acceptors (Lipinski definition) is 0. The average Bonchev–Trinajstić information content (AvgIpc) is 3.58. The molecule has 11 aromatic carbocycles. The fourth-order valence-corrected chi connectivity index (χ4v) is 9.27. The molecular formula is C55H32N2. The van der Waals surface area contributed by atoms with Gasteiger partial charge in [-0.3, -0.25) is 0 Å². The number of rotatable bonds is 3. The quantitative estimate of drug-likeness (QED) is 0.0977. The maximum absolute atomic E-state index is 7.29. The number of benzene rings is 11. The predicted molar refractivity (Wildman–Crippen MR) is 243 cm³/mol. The van der Waals surface area contributed by atoms with E-state index in [4.69, 9.17) is 6.57 Å². The second-order valence-corrected chi connectivity index (χ2v) is 15.2. The molecule has 0 aliphatic heterocycles. The van der Waals surface area contributed by atoms with E-state index >= 15 is 0 Å². The number of fused-ring (bicyclic) bond motifs is 12. The molecule has 0 radical (unpaired) electrons. The van der Waals surface area contributed by atoms with E-state index < -0.39 is 0 Å². The lowest BCUT2D eigenvalue weighted by Crippen LogP contribution is -1.93. The van der Waals surface area contributed by atoms with Gasteiger partial charge in [0.1, 0.15) is 0 Å². The van der Waals surface area contributed by atoms with Crippen molar-refractivity contribution in [1.29, 1.82) is 0 Å². The minimum atomic E-state index is 0.659. The second-order valence-electron chi connectivity index (χ2n) is 15.2. The Morgan fingerprint density at radius 1 is 0.298 bits per heavy atom. The van der Waals surface area contributed by atoms with Crippen LogP contribution in [0.2, 0.25) is 0 Å². The first-order valence-electron chi connectivity index (χ1n) is 19.4. The van der Waals surface area contributed by atoms with E-state index in [1.165, 1.54) is 97.6 Å². The van der Waals surface area contributed by atoms with Crippen molar-refractivity contribution in [1.82, 2.24) is 4.57 Å². The third-order valence-corrected chi connectivity index (χ3v) is 12.1. The summed E-state index contributed by atoms with van der Waals surface area (Å²) in [6.07, 6.45) is 0. The molecule has 0 saturated carbocycles. The number of aromatic nitrogens is 1. The monoisotopic (exact) mass is 720 g/mol. The smallest absolute Gasteiger partial charge is 0.187 e. The van der Waals surface area contributed by atoms with Gasteiger partial charge in [0.15, 0.2) is 5.69 Å². The SMILES string of the molecule is [C-]#[N+]c1ccc(-c2ccc3cc(-c4ccc5c(c4)c4ccccc4c4cc6c(cc54)c4cc5cc7ccccc7cc5cc4n6-c4ccccc4)ccc3c2)cc1. The highest BCUT2D eigenvalue weighted by Gasteiger charge is 2.18. The summed E-state index contributed by atoms with van der Waals surface area (Å²) in [5, 5.41) is 17.5. The Bertz CT molecular complexity index is 3680. The standard InChI is InChI=1S/C55H32N2/c1-56-44-22-19-34(20-23-44)37-15-16-39-26-40(18-17-38(39)25-37)41-21-24-48-49(29-41)46-13-7-8-14-47(46)51-33-55-53(32-50(48)51)52-30-42-27-35-9-5-6-10-36(35)28-43(42)31-54(52)57(55)45-11-3-2-4-12-45/h2-33H. The molecule has 2 nitrogen and oxygen atoms in total. The van der Waals surface area contributed by atoms with Crippen LogP contribution in [0.4, 0.5) is 5.69 Å². The molecule has 262 valence electrons. The first-order chi connectivity index (χ1) is 28.2. The fraction of sp³-hybridized carbons (Fsp3) is 0. The van der Waals surface area contributed by atoms with Crippen molar-refractivity contribution in [3.05, 3.63) is 206 Å². The summed E-state index contributed by atoms with van der Waals surface area (Å²) in [5.74, 6) is 0. The Balaban J connectivity index is 1.08. The van der Waals surface area contributed by atoms with Crippen molar-refractivity contribution in [2.75, 3.05) is 0 Å². The molecule has 0 aliphatic carbocycles. The molecule has 0 atom stereocenters. The van der Waals surface area contributed by atoms with Gasteiger partial charge in [-0.1, -0.05) is 127 Å². The zero-order valence-electron chi connectivity index (χ0n) is 30.9. The summed E-state index contributed by atoms with van der Waals surface area (Å²) in [6.45, 7) is 7.29. The minimum Gasteiger partial charge on any atom is -0.309 e. The fourth-order valence-electron chi connectivity index (χ4n) is 9.27. The Morgan fingerprint density at radius 2 is 0.789 bits per heavy atom. The lowest BCUT2D eigenvalue weighted by Gasteiger charge is -2.14. The lowest BCUT2D eigenvalue weighted by atomic mass is 9.90. The molecule has 0 bridgehead atoms. The van der Waals surface area contributed by atoms with E-state index in [-0.39, 0.29) is 0 Å². The van der Waals surface area contributed by atoms with Crippen LogP contribution in [-0.2, 0) is 0 Å². The molecule has 0 fully saturated rings. The normalized spacial score (nSPS) is 11.8. The molecular weight excluding hydrogens is 689 g/mol. The van der Waals surface area contributed by atoms with E-state index in [2.05, 4.69) is 179 Å². The molecule has 0 N–H and O–H groups in total. The molecule has 0 spiro atoms. The molecule has 0 unspecified atom stereocenters. The highest BCUT2D eigenvalue weighted by Crippen LogP contribution is 2.43. The zero-order chi connectivity index (χ0) is 37.6. The third-order valence-electron chi connectivity index (χ3n) is 12.1. The summed E-state index contributed by atoms with van der Waals surface area (Å²) in [5.41, 5.74) is 8.91. The Labute approximate surface area is 328 Å². The van der Waals surface area contributed by atoms with Crippen LogP contribution >= 0.6 is 0 Å². The topological polar surface area (TPSA) is 9.29 Å². The van der Waals surface area contributed by atoms with E-state index in [1.807, 2.05) is 24.3 Å². The third kappa shape index (κ3) is 4.90. The van der Waals surface area contributed by atoms with Crippen molar-refractivity contribution in [3.63, 3.8) is 0 Å². The van der Waals surface area contributed by atoms with Gasteiger partial charge in [0, 0.05) is 16.5 Å². The predicted octanol–water partition coefficient (Wildman–Crippen LogP) is 15.6. The van der Waals surface area contributed by atoms with Crippen molar-refractivity contribution in [3.8, 4) is 27.9 Å². The van der Waals surface area contributed by atoms with Gasteiger partial charge in [-0.05, 0) is 154 Å². The van der Waals surface area contributed by atoms with Crippen LogP contribution in [0.15, 0.2) is 194 Å². The van der Waals surface area contributed by atoms with Crippen molar-refractivity contribution < 1.29 is 0 Å². The highest BCUT2D eigenvalue weighted by atomic mass is 15.0. The Kier molecular flexibility index (Phi) is 6.73. The number of para-hydroxylation sites is 1. The van der Waals surface area contributed by atoms with Crippen molar-refractivity contribution in [2.24, 2.45) is 0 Å². The molecule has 2 heteroatoms. The maximum atomic E-state index is 7.29. The largest absolute Gasteiger partial charge is 0.309 e. The lowest BCUT2D eigenvalue weighted by molar-refractivity contribution is 1.18. The summed E-state index contributed by atoms with van der Waals surface area (Å²) in [4.78, 5) is 3.54. The number of nitrogens with zero attached hydrogens (tertiary/aromatic N) is 2. The van der Waals surface area contributed by atoms with E-state index in [0.29, 0.717) is 5.69 Å². The Morgan fingerprint density at radius 3 is 1.49 bits per heavy atom. The molecule has 0 saturated heterocycles. The van der Waals surface area contributed by atoms with Crippen molar-refractivity contribution in [2.45, 2.75) is 0 Å². The van der Waals surface area contributed by atoms with Gasteiger partial charge in [-0.15, -0.1) is 0 Å².